The zero-order valence-electron chi connectivity index (χ0n) is 14.4. The van der Waals surface area contributed by atoms with E-state index in [0.29, 0.717) is 15.9 Å². The fourth-order valence-electron chi connectivity index (χ4n) is 2.32. The molecule has 8 nitrogen and oxygen atoms in total. The van der Waals surface area contributed by atoms with Crippen LogP contribution in [0.25, 0.3) is 5.69 Å². The molecule has 0 aliphatic heterocycles. The molecule has 0 fully saturated rings. The second-order valence-corrected chi connectivity index (χ2v) is 7.07. The summed E-state index contributed by atoms with van der Waals surface area (Å²) in [5.74, 6) is 0.513. The van der Waals surface area contributed by atoms with E-state index in [4.69, 9.17) is 11.6 Å². The van der Waals surface area contributed by atoms with Gasteiger partial charge in [0.05, 0.1) is 11.9 Å². The number of thioether (sulfide) groups is 1. The first-order valence-corrected chi connectivity index (χ1v) is 9.62. The van der Waals surface area contributed by atoms with Crippen molar-refractivity contribution in [3.8, 4) is 5.69 Å². The number of carbonyl (C=O) groups is 1. The molecule has 2 heterocycles. The second kappa shape index (κ2) is 8.24. The average molecular weight is 412 g/mol. The van der Waals surface area contributed by atoms with Gasteiger partial charge < -0.3 is 0 Å². The van der Waals surface area contributed by atoms with E-state index in [9.17, 15) is 4.79 Å². The smallest absolute Gasteiger partial charge is 0.280 e. The molecule has 4 rings (SSSR count). The van der Waals surface area contributed by atoms with Crippen LogP contribution in [0.2, 0.25) is 5.02 Å². The van der Waals surface area contributed by atoms with E-state index in [1.54, 1.807) is 0 Å². The molecule has 0 radical (unpaired) electrons. The molecule has 0 aliphatic carbocycles. The molecule has 0 saturated heterocycles. The van der Waals surface area contributed by atoms with Crippen molar-refractivity contribution in [3.63, 3.8) is 0 Å². The molecule has 0 unspecified atom stereocenters. The van der Waals surface area contributed by atoms with Gasteiger partial charge in [0, 0.05) is 10.8 Å². The number of nitrogens with zero attached hydrogens (tertiary/aromatic N) is 5. The van der Waals surface area contributed by atoms with Gasteiger partial charge in [-0.25, -0.2) is 5.10 Å². The van der Waals surface area contributed by atoms with Crippen LogP contribution in [0.5, 0.6) is 0 Å². The fraction of sp³-hybridized carbons (Fsp3) is 0.0556. The van der Waals surface area contributed by atoms with Crippen molar-refractivity contribution < 1.29 is 4.79 Å². The zero-order valence-corrected chi connectivity index (χ0v) is 16.0. The molecular formula is C18H14ClN7OS. The number of amides is 1. The van der Waals surface area contributed by atoms with Crippen molar-refractivity contribution in [1.29, 1.82) is 0 Å². The highest BCUT2D eigenvalue weighted by Crippen LogP contribution is 2.21. The molecule has 2 aromatic carbocycles. The van der Waals surface area contributed by atoms with E-state index < -0.39 is 5.91 Å². The number of hydrogen-bond acceptors (Lipinski definition) is 6. The van der Waals surface area contributed by atoms with Gasteiger partial charge in [-0.3, -0.25) is 10.1 Å². The number of anilines is 1. The number of nitrogens with one attached hydrogen (secondary N) is 2. The number of hydrogen-bond donors (Lipinski definition) is 2. The standard InChI is InChI=1S/C18H14ClN7OS/c19-13-8-6-12(7-9-13)11-28-18-22-17(23-24-18)21-16(27)15-10-20-26(25-15)14-4-2-1-3-5-14/h1-10H,11H2,(H2,21,22,23,24,27). The molecule has 0 atom stereocenters. The molecule has 10 heteroatoms. The Kier molecular flexibility index (Phi) is 5.36. The van der Waals surface area contributed by atoms with Crippen molar-refractivity contribution in [1.82, 2.24) is 30.2 Å². The summed E-state index contributed by atoms with van der Waals surface area (Å²) in [7, 11) is 0. The Hall–Kier alpha value is -3.17. The predicted molar refractivity (Wildman–Crippen MR) is 107 cm³/mol. The molecule has 2 N–H and O–H groups in total. The van der Waals surface area contributed by atoms with Gasteiger partial charge in [-0.2, -0.15) is 14.9 Å². The van der Waals surface area contributed by atoms with Crippen LogP contribution in [0.15, 0.2) is 66.0 Å². The first kappa shape index (κ1) is 18.2. The van der Waals surface area contributed by atoms with Crippen LogP contribution < -0.4 is 5.32 Å². The van der Waals surface area contributed by atoms with Gasteiger partial charge in [0.15, 0.2) is 5.69 Å². The van der Waals surface area contributed by atoms with Gasteiger partial charge in [0.2, 0.25) is 11.1 Å². The van der Waals surface area contributed by atoms with Crippen LogP contribution in [0.4, 0.5) is 5.95 Å². The summed E-state index contributed by atoms with van der Waals surface area (Å²) in [5, 5.41) is 18.9. The van der Waals surface area contributed by atoms with Crippen LogP contribution >= 0.6 is 23.4 Å². The molecule has 0 saturated carbocycles. The average Bonchev–Trinajstić information content (AvgIpc) is 3.38. The van der Waals surface area contributed by atoms with Gasteiger partial charge >= 0.3 is 0 Å². The highest BCUT2D eigenvalue weighted by Gasteiger charge is 2.14. The molecule has 4 aromatic rings. The van der Waals surface area contributed by atoms with Crippen LogP contribution in [0.3, 0.4) is 0 Å². The monoisotopic (exact) mass is 411 g/mol. The van der Waals surface area contributed by atoms with Crippen molar-refractivity contribution in [2.24, 2.45) is 0 Å². The van der Waals surface area contributed by atoms with E-state index in [0.717, 1.165) is 11.3 Å². The molecular weight excluding hydrogens is 398 g/mol. The summed E-state index contributed by atoms with van der Waals surface area (Å²) in [6, 6.07) is 16.9. The number of halogens is 1. The molecule has 1 amide bonds. The number of benzene rings is 2. The number of aromatic amines is 1. The van der Waals surface area contributed by atoms with Gasteiger partial charge in [0.25, 0.3) is 5.91 Å². The fourth-order valence-corrected chi connectivity index (χ4v) is 3.20. The SMILES string of the molecule is O=C(Nc1nc(SCc2ccc(Cl)cc2)n[nH]1)c1cnn(-c2ccccc2)n1. The minimum absolute atomic E-state index is 0.177. The van der Waals surface area contributed by atoms with Gasteiger partial charge in [-0.15, -0.1) is 10.2 Å². The lowest BCUT2D eigenvalue weighted by molar-refractivity contribution is 0.102. The maximum Gasteiger partial charge on any atom is 0.280 e. The molecule has 0 bridgehead atoms. The maximum atomic E-state index is 12.3. The molecule has 0 spiro atoms. The number of H-pyrrole nitrogens is 1. The van der Waals surface area contributed by atoms with Crippen LogP contribution in [-0.2, 0) is 5.75 Å². The Morgan fingerprint density at radius 1 is 1.14 bits per heavy atom. The quantitative estimate of drug-likeness (QED) is 0.470. The highest BCUT2D eigenvalue weighted by atomic mass is 35.5. The highest BCUT2D eigenvalue weighted by molar-refractivity contribution is 7.98. The lowest BCUT2D eigenvalue weighted by Gasteiger charge is -1.99. The van der Waals surface area contributed by atoms with Crippen LogP contribution in [0, 0.1) is 0 Å². The van der Waals surface area contributed by atoms with E-state index in [1.807, 2.05) is 54.6 Å². The lowest BCUT2D eigenvalue weighted by atomic mass is 10.2. The minimum atomic E-state index is -0.424. The Labute approximate surface area is 169 Å². The predicted octanol–water partition coefficient (Wildman–Crippen LogP) is 3.58. The summed E-state index contributed by atoms with van der Waals surface area (Å²) in [5.41, 5.74) is 2.04. The third kappa shape index (κ3) is 4.38. The number of aromatic nitrogens is 6. The molecule has 140 valence electrons. The van der Waals surface area contributed by atoms with E-state index in [-0.39, 0.29) is 11.6 Å². The lowest BCUT2D eigenvalue weighted by Crippen LogP contribution is -2.14. The van der Waals surface area contributed by atoms with E-state index in [2.05, 4.69) is 30.7 Å². The summed E-state index contributed by atoms with van der Waals surface area (Å²) >= 11 is 7.32. The first-order chi connectivity index (χ1) is 13.7. The largest absolute Gasteiger partial charge is 0.289 e. The van der Waals surface area contributed by atoms with Crippen LogP contribution in [0.1, 0.15) is 16.1 Å². The molecule has 28 heavy (non-hydrogen) atoms. The Bertz CT molecular complexity index is 1080. The summed E-state index contributed by atoms with van der Waals surface area (Å²) in [6.07, 6.45) is 1.40. The van der Waals surface area contributed by atoms with Gasteiger partial charge in [0.1, 0.15) is 0 Å². The summed E-state index contributed by atoms with van der Waals surface area (Å²) in [6.45, 7) is 0. The normalized spacial score (nSPS) is 10.8. The Morgan fingerprint density at radius 3 is 2.71 bits per heavy atom. The number of rotatable bonds is 6. The Morgan fingerprint density at radius 2 is 1.93 bits per heavy atom. The van der Waals surface area contributed by atoms with E-state index >= 15 is 0 Å². The molecule has 2 aromatic heterocycles. The topological polar surface area (TPSA) is 101 Å². The van der Waals surface area contributed by atoms with Crippen molar-refractivity contribution in [2.45, 2.75) is 10.9 Å². The van der Waals surface area contributed by atoms with Crippen molar-refractivity contribution in [3.05, 3.63) is 77.1 Å². The zero-order chi connectivity index (χ0) is 19.3. The summed E-state index contributed by atoms with van der Waals surface area (Å²) < 4.78 is 0. The Balaban J connectivity index is 1.36. The van der Waals surface area contributed by atoms with Gasteiger partial charge in [-0.1, -0.05) is 53.7 Å². The second-order valence-electron chi connectivity index (χ2n) is 5.69. The molecule has 0 aliphatic rings. The maximum absolute atomic E-state index is 12.3. The summed E-state index contributed by atoms with van der Waals surface area (Å²) in [4.78, 5) is 18.0. The third-order valence-electron chi connectivity index (χ3n) is 3.69. The number of para-hydroxylation sites is 1. The first-order valence-electron chi connectivity index (χ1n) is 8.26. The van der Waals surface area contributed by atoms with Crippen molar-refractivity contribution in [2.75, 3.05) is 5.32 Å². The minimum Gasteiger partial charge on any atom is -0.289 e. The van der Waals surface area contributed by atoms with Crippen molar-refractivity contribution >= 4 is 35.2 Å². The number of carbonyl (C=O) groups excluding carboxylic acids is 1. The third-order valence-corrected chi connectivity index (χ3v) is 4.86. The van der Waals surface area contributed by atoms with E-state index in [1.165, 1.54) is 22.8 Å². The van der Waals surface area contributed by atoms with Crippen LogP contribution in [-0.4, -0.2) is 36.1 Å². The van der Waals surface area contributed by atoms with Gasteiger partial charge in [-0.05, 0) is 29.8 Å².